The van der Waals surface area contributed by atoms with E-state index < -0.39 is 0 Å². The molecule has 0 N–H and O–H groups in total. The smallest absolute Gasteiger partial charge is 0.312 e. The zero-order chi connectivity index (χ0) is 13.0. The molecule has 0 bridgehead atoms. The number of esters is 1. The van der Waals surface area contributed by atoms with Gasteiger partial charge in [0.1, 0.15) is 5.01 Å². The fourth-order valence-corrected chi connectivity index (χ4v) is 3.03. The van der Waals surface area contributed by atoms with Gasteiger partial charge >= 0.3 is 5.97 Å². The summed E-state index contributed by atoms with van der Waals surface area (Å²) in [6.07, 6.45) is 1.02. The van der Waals surface area contributed by atoms with Crippen LogP contribution in [0.15, 0.2) is 17.5 Å². The van der Waals surface area contributed by atoms with Gasteiger partial charge in [-0.1, -0.05) is 0 Å². The Morgan fingerprint density at radius 2 is 2.33 bits per heavy atom. The van der Waals surface area contributed by atoms with Crippen LogP contribution in [0, 0.1) is 0 Å². The Balaban J connectivity index is 2.10. The van der Waals surface area contributed by atoms with E-state index in [1.807, 2.05) is 11.4 Å². The summed E-state index contributed by atoms with van der Waals surface area (Å²) in [6.45, 7) is 2.16. The first kappa shape index (κ1) is 12.9. The van der Waals surface area contributed by atoms with Crippen molar-refractivity contribution in [1.82, 2.24) is 4.98 Å². The summed E-state index contributed by atoms with van der Waals surface area (Å²) < 4.78 is 4.87. The Morgan fingerprint density at radius 3 is 3.00 bits per heavy atom. The van der Waals surface area contributed by atoms with Crippen molar-refractivity contribution < 1.29 is 14.3 Å². The predicted molar refractivity (Wildman–Crippen MR) is 71.2 cm³/mol. The average molecular weight is 281 g/mol. The molecule has 6 heteroatoms. The maximum absolute atomic E-state index is 11.3. The number of hydrogen-bond acceptors (Lipinski definition) is 6. The second-order valence-electron chi connectivity index (χ2n) is 3.43. The average Bonchev–Trinajstić information content (AvgIpc) is 2.96. The molecule has 0 saturated carbocycles. The van der Waals surface area contributed by atoms with Gasteiger partial charge in [-0.3, -0.25) is 9.59 Å². The lowest BCUT2D eigenvalue weighted by Gasteiger charge is -1.97. The third kappa shape index (κ3) is 3.02. The molecule has 2 heterocycles. The van der Waals surface area contributed by atoms with E-state index in [1.165, 1.54) is 22.7 Å². The summed E-state index contributed by atoms with van der Waals surface area (Å²) in [5.41, 5.74) is 0.803. The van der Waals surface area contributed by atoms with Crippen molar-refractivity contribution >= 4 is 34.9 Å². The highest BCUT2D eigenvalue weighted by atomic mass is 32.1. The lowest BCUT2D eigenvalue weighted by molar-refractivity contribution is -0.142. The van der Waals surface area contributed by atoms with E-state index in [0.717, 1.165) is 21.9 Å². The van der Waals surface area contributed by atoms with Gasteiger partial charge < -0.3 is 4.74 Å². The first-order valence-corrected chi connectivity index (χ1v) is 7.08. The molecule has 0 unspecified atom stereocenters. The first-order chi connectivity index (χ1) is 8.72. The summed E-state index contributed by atoms with van der Waals surface area (Å²) >= 11 is 2.81. The van der Waals surface area contributed by atoms with E-state index in [9.17, 15) is 9.59 Å². The molecular formula is C12H11NO3S2. The highest BCUT2D eigenvalue weighted by Crippen LogP contribution is 2.28. The standard InChI is InChI=1S/C12H11NO3S2/c1-2-16-12(15)5-11-13-9(7-17-11)10-4-3-8(6-14)18-10/h3-4,6-7H,2,5H2,1H3. The van der Waals surface area contributed by atoms with E-state index in [2.05, 4.69) is 4.98 Å². The summed E-state index contributed by atoms with van der Waals surface area (Å²) in [6, 6.07) is 3.62. The van der Waals surface area contributed by atoms with Gasteiger partial charge in [-0.2, -0.15) is 0 Å². The molecule has 2 rings (SSSR count). The molecule has 18 heavy (non-hydrogen) atoms. The van der Waals surface area contributed by atoms with Gasteiger partial charge in [0.15, 0.2) is 6.29 Å². The minimum atomic E-state index is -0.266. The largest absolute Gasteiger partial charge is 0.466 e. The maximum Gasteiger partial charge on any atom is 0.312 e. The van der Waals surface area contributed by atoms with Gasteiger partial charge in [0, 0.05) is 5.38 Å². The molecule has 0 aliphatic heterocycles. The van der Waals surface area contributed by atoms with Crippen LogP contribution in [0.3, 0.4) is 0 Å². The number of carbonyl (C=O) groups excluding carboxylic acids is 2. The number of aromatic nitrogens is 1. The zero-order valence-corrected chi connectivity index (χ0v) is 11.3. The summed E-state index contributed by atoms with van der Waals surface area (Å²) in [7, 11) is 0. The molecule has 0 fully saturated rings. The van der Waals surface area contributed by atoms with Crippen molar-refractivity contribution in [2.45, 2.75) is 13.3 Å². The number of thiazole rings is 1. The van der Waals surface area contributed by atoms with E-state index in [-0.39, 0.29) is 12.4 Å². The van der Waals surface area contributed by atoms with E-state index in [0.29, 0.717) is 11.5 Å². The van der Waals surface area contributed by atoms with Gasteiger partial charge in [0.2, 0.25) is 0 Å². The SMILES string of the molecule is CCOC(=O)Cc1nc(-c2ccc(C=O)s2)cs1. The van der Waals surface area contributed by atoms with Crippen LogP contribution in [-0.4, -0.2) is 23.8 Å². The van der Waals surface area contributed by atoms with Crippen LogP contribution in [0.2, 0.25) is 0 Å². The van der Waals surface area contributed by atoms with Crippen LogP contribution in [0.5, 0.6) is 0 Å². The number of rotatable bonds is 5. The minimum Gasteiger partial charge on any atom is -0.466 e. The molecule has 0 saturated heterocycles. The lowest BCUT2D eigenvalue weighted by Crippen LogP contribution is -2.07. The van der Waals surface area contributed by atoms with Crippen LogP contribution in [0.25, 0.3) is 10.6 Å². The van der Waals surface area contributed by atoms with E-state index in [1.54, 1.807) is 13.0 Å². The van der Waals surface area contributed by atoms with Crippen molar-refractivity contribution in [3.05, 3.63) is 27.4 Å². The van der Waals surface area contributed by atoms with Crippen LogP contribution in [0.4, 0.5) is 0 Å². The molecule has 4 nitrogen and oxygen atoms in total. The molecule has 0 spiro atoms. The fourth-order valence-electron chi connectivity index (χ4n) is 1.39. The van der Waals surface area contributed by atoms with Gasteiger partial charge in [-0.15, -0.1) is 22.7 Å². The normalized spacial score (nSPS) is 10.3. The molecule has 2 aromatic heterocycles. The molecular weight excluding hydrogens is 270 g/mol. The Morgan fingerprint density at radius 1 is 1.50 bits per heavy atom. The monoisotopic (exact) mass is 281 g/mol. The molecule has 0 aliphatic carbocycles. The molecule has 2 aromatic rings. The Hall–Kier alpha value is -1.53. The van der Waals surface area contributed by atoms with Gasteiger partial charge in [-0.25, -0.2) is 4.98 Å². The maximum atomic E-state index is 11.3. The first-order valence-electron chi connectivity index (χ1n) is 5.38. The van der Waals surface area contributed by atoms with Crippen LogP contribution in [-0.2, 0) is 16.0 Å². The molecule has 0 radical (unpaired) electrons. The fraction of sp³-hybridized carbons (Fsp3) is 0.250. The van der Waals surface area contributed by atoms with Crippen LogP contribution < -0.4 is 0 Å². The number of hydrogen-bond donors (Lipinski definition) is 0. The molecule has 0 atom stereocenters. The van der Waals surface area contributed by atoms with E-state index in [4.69, 9.17) is 4.74 Å². The topological polar surface area (TPSA) is 56.3 Å². The molecule has 0 aliphatic rings. The van der Waals surface area contributed by atoms with Gasteiger partial charge in [0.25, 0.3) is 0 Å². The third-order valence-corrected chi connectivity index (χ3v) is 4.03. The highest BCUT2D eigenvalue weighted by molar-refractivity contribution is 7.17. The second kappa shape index (κ2) is 5.88. The van der Waals surface area contributed by atoms with Crippen molar-refractivity contribution in [2.75, 3.05) is 6.61 Å². The quantitative estimate of drug-likeness (QED) is 0.624. The van der Waals surface area contributed by atoms with Gasteiger partial charge in [-0.05, 0) is 19.1 Å². The number of aldehydes is 1. The Kier molecular flexibility index (Phi) is 4.22. The van der Waals surface area contributed by atoms with Gasteiger partial charge in [0.05, 0.1) is 28.5 Å². The minimum absolute atomic E-state index is 0.199. The molecule has 0 amide bonds. The highest BCUT2D eigenvalue weighted by Gasteiger charge is 2.11. The number of thiophene rings is 1. The van der Waals surface area contributed by atoms with Crippen molar-refractivity contribution in [1.29, 1.82) is 0 Å². The second-order valence-corrected chi connectivity index (χ2v) is 5.49. The summed E-state index contributed by atoms with van der Waals surface area (Å²) in [5.74, 6) is -0.266. The van der Waals surface area contributed by atoms with Crippen LogP contribution >= 0.6 is 22.7 Å². The number of carbonyl (C=O) groups is 2. The Bertz CT molecular complexity index is 559. The van der Waals surface area contributed by atoms with Crippen molar-refractivity contribution in [3.63, 3.8) is 0 Å². The molecule has 94 valence electrons. The van der Waals surface area contributed by atoms with Crippen molar-refractivity contribution in [2.24, 2.45) is 0 Å². The number of ether oxygens (including phenoxy) is 1. The lowest BCUT2D eigenvalue weighted by atomic mass is 10.3. The number of nitrogens with zero attached hydrogens (tertiary/aromatic N) is 1. The summed E-state index contributed by atoms with van der Waals surface area (Å²) in [4.78, 5) is 27.9. The summed E-state index contributed by atoms with van der Waals surface area (Å²) in [5, 5.41) is 2.61. The van der Waals surface area contributed by atoms with Crippen LogP contribution in [0.1, 0.15) is 21.6 Å². The zero-order valence-electron chi connectivity index (χ0n) is 9.71. The van der Waals surface area contributed by atoms with Crippen molar-refractivity contribution in [3.8, 4) is 10.6 Å². The Labute approximate surface area is 112 Å². The predicted octanol–water partition coefficient (Wildman–Crippen LogP) is 2.79. The molecule has 0 aromatic carbocycles. The third-order valence-electron chi connectivity index (χ3n) is 2.15. The van der Waals surface area contributed by atoms with E-state index >= 15 is 0 Å².